The molecule has 2 rings (SSSR count). The first-order valence-electron chi connectivity index (χ1n) is 6.56. The van der Waals surface area contributed by atoms with Crippen LogP contribution in [-0.2, 0) is 6.42 Å². The molecule has 2 aromatic rings. The summed E-state index contributed by atoms with van der Waals surface area (Å²) in [6.07, 6.45) is 1.47. The van der Waals surface area contributed by atoms with Gasteiger partial charge in [-0.25, -0.2) is 0 Å². The van der Waals surface area contributed by atoms with E-state index in [-0.39, 0.29) is 12.5 Å². The lowest BCUT2D eigenvalue weighted by atomic mass is 10.1. The Hall–Kier alpha value is -1.55. The van der Waals surface area contributed by atoms with Crippen LogP contribution in [0.25, 0.3) is 0 Å². The molecule has 0 saturated heterocycles. The summed E-state index contributed by atoms with van der Waals surface area (Å²) < 4.78 is 0. The number of rotatable bonds is 5. The minimum Gasteiger partial charge on any atom is -0.396 e. The van der Waals surface area contributed by atoms with Crippen LogP contribution in [0.1, 0.15) is 22.3 Å². The van der Waals surface area contributed by atoms with E-state index in [2.05, 4.69) is 5.32 Å². The summed E-state index contributed by atoms with van der Waals surface area (Å²) in [4.78, 5) is 12.2. The first-order valence-corrected chi connectivity index (χ1v) is 7.32. The zero-order valence-electron chi connectivity index (χ0n) is 11.3. The van der Waals surface area contributed by atoms with E-state index in [0.717, 1.165) is 12.0 Å². The van der Waals surface area contributed by atoms with E-state index in [1.54, 1.807) is 12.1 Å². The topological polar surface area (TPSA) is 49.3 Å². The van der Waals surface area contributed by atoms with Gasteiger partial charge in [-0.15, -0.1) is 0 Å². The average Bonchev–Trinajstić information content (AvgIpc) is 2.48. The predicted octanol–water partition coefficient (Wildman–Crippen LogP) is 4.17. The van der Waals surface area contributed by atoms with Crippen molar-refractivity contribution in [1.29, 1.82) is 0 Å². The van der Waals surface area contributed by atoms with Crippen LogP contribution in [-0.4, -0.2) is 17.6 Å². The molecule has 0 fully saturated rings. The van der Waals surface area contributed by atoms with Gasteiger partial charge in [0.2, 0.25) is 0 Å². The second-order valence-corrected chi connectivity index (χ2v) is 5.42. The molecule has 0 aromatic heterocycles. The molecule has 0 unspecified atom stereocenters. The second-order valence-electron chi connectivity index (χ2n) is 4.61. The number of amides is 1. The molecule has 2 N–H and O–H groups in total. The lowest BCUT2D eigenvalue weighted by molar-refractivity contribution is 0.102. The molecule has 0 heterocycles. The molecule has 110 valence electrons. The average molecular weight is 324 g/mol. The summed E-state index contributed by atoms with van der Waals surface area (Å²) in [6.45, 7) is 0.153. The van der Waals surface area contributed by atoms with Crippen molar-refractivity contribution in [3.8, 4) is 0 Å². The van der Waals surface area contributed by atoms with E-state index >= 15 is 0 Å². The minimum atomic E-state index is -0.243. The van der Waals surface area contributed by atoms with Gasteiger partial charge in [0.05, 0.1) is 10.0 Å². The van der Waals surface area contributed by atoms with Gasteiger partial charge >= 0.3 is 0 Å². The Bertz CT molecular complexity index is 644. The van der Waals surface area contributed by atoms with Crippen LogP contribution in [0.3, 0.4) is 0 Å². The number of carbonyl (C=O) groups is 1. The van der Waals surface area contributed by atoms with E-state index in [1.807, 2.05) is 24.3 Å². The van der Waals surface area contributed by atoms with Gasteiger partial charge in [0.15, 0.2) is 0 Å². The van der Waals surface area contributed by atoms with Gasteiger partial charge in [0.1, 0.15) is 0 Å². The van der Waals surface area contributed by atoms with Crippen LogP contribution in [0.5, 0.6) is 0 Å². The molecule has 0 saturated carbocycles. The lowest BCUT2D eigenvalue weighted by Crippen LogP contribution is -2.12. The van der Waals surface area contributed by atoms with Crippen LogP contribution in [0.4, 0.5) is 5.69 Å². The predicted molar refractivity (Wildman–Crippen MR) is 86.3 cm³/mol. The van der Waals surface area contributed by atoms with Crippen molar-refractivity contribution in [3.05, 3.63) is 63.6 Å². The number of anilines is 1. The van der Waals surface area contributed by atoms with Crippen molar-refractivity contribution in [2.24, 2.45) is 0 Å². The van der Waals surface area contributed by atoms with Crippen molar-refractivity contribution in [3.63, 3.8) is 0 Å². The molecule has 0 atom stereocenters. The van der Waals surface area contributed by atoms with Crippen LogP contribution in [0.2, 0.25) is 10.0 Å². The highest BCUT2D eigenvalue weighted by molar-refractivity contribution is 6.42. The lowest BCUT2D eigenvalue weighted by Gasteiger charge is -2.08. The van der Waals surface area contributed by atoms with Crippen molar-refractivity contribution < 1.29 is 9.90 Å². The molecule has 3 nitrogen and oxygen atoms in total. The van der Waals surface area contributed by atoms with Gasteiger partial charge in [-0.3, -0.25) is 4.79 Å². The van der Waals surface area contributed by atoms with Gasteiger partial charge in [0, 0.05) is 17.9 Å². The molecule has 0 spiro atoms. The van der Waals surface area contributed by atoms with Gasteiger partial charge in [-0.1, -0.05) is 35.3 Å². The minimum absolute atomic E-state index is 0.153. The Kier molecular flexibility index (Phi) is 5.62. The summed E-state index contributed by atoms with van der Waals surface area (Å²) in [5, 5.41) is 12.4. The van der Waals surface area contributed by atoms with E-state index in [1.165, 1.54) is 6.07 Å². The second kappa shape index (κ2) is 7.46. The van der Waals surface area contributed by atoms with Crippen LogP contribution in [0.15, 0.2) is 42.5 Å². The normalized spacial score (nSPS) is 10.4. The first-order chi connectivity index (χ1) is 10.1. The fourth-order valence-electron chi connectivity index (χ4n) is 1.93. The summed E-state index contributed by atoms with van der Waals surface area (Å²) in [5.74, 6) is -0.243. The Morgan fingerprint density at radius 3 is 2.62 bits per heavy atom. The standard InChI is InChI=1S/C16H15Cl2NO2/c17-14-7-6-12(10-15(14)18)16(21)19-13-5-1-3-11(9-13)4-2-8-20/h1,3,5-7,9-10,20H,2,4,8H2,(H,19,21). The number of aliphatic hydroxyl groups excluding tert-OH is 1. The molecule has 21 heavy (non-hydrogen) atoms. The number of benzene rings is 2. The molecule has 2 aromatic carbocycles. The Morgan fingerprint density at radius 2 is 1.90 bits per heavy atom. The van der Waals surface area contributed by atoms with E-state index < -0.39 is 0 Å². The Labute approximate surface area is 133 Å². The Balaban J connectivity index is 2.10. The quantitative estimate of drug-likeness (QED) is 0.867. The molecular formula is C16H15Cl2NO2. The van der Waals surface area contributed by atoms with Crippen LogP contribution >= 0.6 is 23.2 Å². The fourth-order valence-corrected chi connectivity index (χ4v) is 2.23. The Morgan fingerprint density at radius 1 is 1.10 bits per heavy atom. The number of hydrogen-bond donors (Lipinski definition) is 2. The monoisotopic (exact) mass is 323 g/mol. The number of carbonyl (C=O) groups excluding carboxylic acids is 1. The molecule has 0 aliphatic heterocycles. The largest absolute Gasteiger partial charge is 0.396 e. The highest BCUT2D eigenvalue weighted by atomic mass is 35.5. The molecule has 0 bridgehead atoms. The molecule has 1 amide bonds. The fraction of sp³-hybridized carbons (Fsp3) is 0.188. The van der Waals surface area contributed by atoms with E-state index in [0.29, 0.717) is 27.7 Å². The maximum absolute atomic E-state index is 12.2. The highest BCUT2D eigenvalue weighted by Gasteiger charge is 2.08. The van der Waals surface area contributed by atoms with Crippen molar-refractivity contribution >= 4 is 34.8 Å². The summed E-state index contributed by atoms with van der Waals surface area (Å²) >= 11 is 11.7. The van der Waals surface area contributed by atoms with Gasteiger partial charge in [0.25, 0.3) is 5.91 Å². The number of nitrogens with one attached hydrogen (secondary N) is 1. The summed E-state index contributed by atoms with van der Waals surface area (Å²) in [7, 11) is 0. The van der Waals surface area contributed by atoms with Crippen LogP contribution < -0.4 is 5.32 Å². The van der Waals surface area contributed by atoms with Crippen molar-refractivity contribution in [2.45, 2.75) is 12.8 Å². The molecule has 0 aliphatic rings. The molecule has 0 radical (unpaired) electrons. The number of halogens is 2. The molecular weight excluding hydrogens is 309 g/mol. The van der Waals surface area contributed by atoms with E-state index in [4.69, 9.17) is 28.3 Å². The third-order valence-corrected chi connectivity index (χ3v) is 3.73. The first kappa shape index (κ1) is 15.8. The summed E-state index contributed by atoms with van der Waals surface area (Å²) in [6, 6.07) is 12.3. The molecule has 0 aliphatic carbocycles. The van der Waals surface area contributed by atoms with Gasteiger partial charge in [-0.2, -0.15) is 0 Å². The SMILES string of the molecule is O=C(Nc1cccc(CCCO)c1)c1ccc(Cl)c(Cl)c1. The maximum Gasteiger partial charge on any atom is 0.255 e. The third-order valence-electron chi connectivity index (χ3n) is 2.99. The van der Waals surface area contributed by atoms with E-state index in [9.17, 15) is 4.79 Å². The van der Waals surface area contributed by atoms with Gasteiger partial charge < -0.3 is 10.4 Å². The highest BCUT2D eigenvalue weighted by Crippen LogP contribution is 2.23. The maximum atomic E-state index is 12.2. The zero-order valence-corrected chi connectivity index (χ0v) is 12.8. The number of hydrogen-bond acceptors (Lipinski definition) is 2. The van der Waals surface area contributed by atoms with Crippen LogP contribution in [0, 0.1) is 0 Å². The molecule has 5 heteroatoms. The van der Waals surface area contributed by atoms with Crippen molar-refractivity contribution in [1.82, 2.24) is 0 Å². The van der Waals surface area contributed by atoms with Gasteiger partial charge in [-0.05, 0) is 48.7 Å². The zero-order chi connectivity index (χ0) is 15.2. The summed E-state index contributed by atoms with van der Waals surface area (Å²) in [5.41, 5.74) is 2.22. The van der Waals surface area contributed by atoms with Crippen molar-refractivity contribution in [2.75, 3.05) is 11.9 Å². The number of aryl methyl sites for hydroxylation is 1. The smallest absolute Gasteiger partial charge is 0.255 e. The number of aliphatic hydroxyl groups is 1. The third kappa shape index (κ3) is 4.46.